The van der Waals surface area contributed by atoms with E-state index in [1.165, 1.54) is 24.9 Å². The van der Waals surface area contributed by atoms with E-state index in [-0.39, 0.29) is 6.61 Å². The number of primary amides is 1. The molecule has 2 unspecified atom stereocenters. The smallest absolute Gasteiger partial charge is 0.255 e. The molecule has 2 fully saturated rings. The number of nitrogens with zero attached hydrogens (tertiary/aromatic N) is 3. The minimum absolute atomic E-state index is 0.115. The molecule has 0 bridgehead atoms. The molecule has 3 N–H and O–H groups in total. The van der Waals surface area contributed by atoms with Gasteiger partial charge in [-0.1, -0.05) is 42.5 Å². The van der Waals surface area contributed by atoms with Gasteiger partial charge in [-0.3, -0.25) is 14.7 Å². The molecule has 0 aromatic heterocycles. The number of ether oxygens (including phenoxy) is 1. The third-order valence-corrected chi connectivity index (χ3v) is 6.65. The van der Waals surface area contributed by atoms with Crippen LogP contribution in [0.2, 0.25) is 0 Å². The summed E-state index contributed by atoms with van der Waals surface area (Å²) in [4.78, 5) is 20.6. The second-order valence-electron chi connectivity index (χ2n) is 8.96. The van der Waals surface area contributed by atoms with Gasteiger partial charge in [0, 0.05) is 39.3 Å². The monoisotopic (exact) mass is 449 g/mol. The van der Waals surface area contributed by atoms with Crippen molar-refractivity contribution in [1.29, 1.82) is 0 Å². The molecule has 2 aliphatic heterocycles. The van der Waals surface area contributed by atoms with Gasteiger partial charge in [0.2, 0.25) is 0 Å². The first-order valence-corrected chi connectivity index (χ1v) is 11.9. The number of amides is 1. The molecule has 0 radical (unpaired) electrons. The largest absolute Gasteiger partial charge is 0.484 e. The number of carbonyl (C=O) groups is 1. The zero-order chi connectivity index (χ0) is 23.0. The molecule has 176 valence electrons. The van der Waals surface area contributed by atoms with Crippen molar-refractivity contribution < 1.29 is 9.53 Å². The first-order valence-electron chi connectivity index (χ1n) is 11.9. The predicted molar refractivity (Wildman–Crippen MR) is 131 cm³/mol. The number of fused-ring (bicyclic) bond motifs is 1. The molecule has 0 aliphatic carbocycles. The molecule has 0 spiro atoms. The summed E-state index contributed by atoms with van der Waals surface area (Å²) in [5, 5.41) is 3.51. The summed E-state index contributed by atoms with van der Waals surface area (Å²) in [5.74, 6) is 1.77. The lowest BCUT2D eigenvalue weighted by atomic mass is 9.83. The minimum atomic E-state index is -0.479. The summed E-state index contributed by atoms with van der Waals surface area (Å²) in [6.45, 7) is 4.81. The summed E-state index contributed by atoms with van der Waals surface area (Å²) in [6.07, 6.45) is 3.70. The standard InChI is InChI=1S/C26H35N5O2/c1-28-26(29-16-21-9-5-11-23(15-21)33-19-25(27)32)31-14-12-24-22(18-31)10-6-13-30(24)17-20-7-3-2-4-8-20/h2-5,7-9,11,15,22,24H,6,10,12-14,16-19H2,1H3,(H2,27,32)(H,28,29). The molecule has 2 atom stereocenters. The highest BCUT2D eigenvalue weighted by Gasteiger charge is 2.36. The highest BCUT2D eigenvalue weighted by atomic mass is 16.5. The van der Waals surface area contributed by atoms with E-state index in [2.05, 4.69) is 50.4 Å². The fourth-order valence-corrected chi connectivity index (χ4v) is 5.13. The molecule has 0 saturated carbocycles. The predicted octanol–water partition coefficient (Wildman–Crippen LogP) is 2.61. The van der Waals surface area contributed by atoms with Gasteiger partial charge in [0.05, 0.1) is 0 Å². The van der Waals surface area contributed by atoms with Gasteiger partial charge >= 0.3 is 0 Å². The maximum atomic E-state index is 11.0. The summed E-state index contributed by atoms with van der Waals surface area (Å²) in [7, 11) is 1.85. The van der Waals surface area contributed by atoms with Crippen molar-refractivity contribution in [3.05, 3.63) is 65.7 Å². The van der Waals surface area contributed by atoms with Crippen LogP contribution in [0, 0.1) is 5.92 Å². The molecule has 33 heavy (non-hydrogen) atoms. The van der Waals surface area contributed by atoms with Gasteiger partial charge in [0.25, 0.3) is 5.91 Å². The molecule has 2 heterocycles. The lowest BCUT2D eigenvalue weighted by Crippen LogP contribution is -2.56. The molecular formula is C26H35N5O2. The van der Waals surface area contributed by atoms with Crippen LogP contribution in [0.1, 0.15) is 30.4 Å². The van der Waals surface area contributed by atoms with Crippen LogP contribution in [-0.4, -0.2) is 61.0 Å². The Morgan fingerprint density at radius 1 is 1.12 bits per heavy atom. The summed E-state index contributed by atoms with van der Waals surface area (Å²) < 4.78 is 5.42. The minimum Gasteiger partial charge on any atom is -0.484 e. The van der Waals surface area contributed by atoms with E-state index in [1.807, 2.05) is 31.3 Å². The number of nitrogens with one attached hydrogen (secondary N) is 1. The molecular weight excluding hydrogens is 414 g/mol. The van der Waals surface area contributed by atoms with E-state index >= 15 is 0 Å². The number of nitrogens with two attached hydrogens (primary N) is 1. The number of hydrogen-bond donors (Lipinski definition) is 2. The molecule has 2 aliphatic rings. The van der Waals surface area contributed by atoms with Crippen LogP contribution in [0.4, 0.5) is 0 Å². The van der Waals surface area contributed by atoms with E-state index in [4.69, 9.17) is 10.5 Å². The van der Waals surface area contributed by atoms with Crippen molar-refractivity contribution in [3.8, 4) is 5.75 Å². The van der Waals surface area contributed by atoms with Gasteiger partial charge in [-0.2, -0.15) is 0 Å². The van der Waals surface area contributed by atoms with Crippen molar-refractivity contribution >= 4 is 11.9 Å². The van der Waals surface area contributed by atoms with Gasteiger partial charge in [0.15, 0.2) is 12.6 Å². The Balaban J connectivity index is 1.32. The molecule has 4 rings (SSSR count). The maximum absolute atomic E-state index is 11.0. The number of piperidine rings is 2. The summed E-state index contributed by atoms with van der Waals surface area (Å²) in [6, 6.07) is 19.2. The van der Waals surface area contributed by atoms with Crippen LogP contribution in [0.25, 0.3) is 0 Å². The van der Waals surface area contributed by atoms with Gasteiger partial charge in [-0.15, -0.1) is 0 Å². The Morgan fingerprint density at radius 2 is 1.94 bits per heavy atom. The SMILES string of the molecule is CN=C(NCc1cccc(OCC(N)=O)c1)N1CCC2C(CCCN2Cc2ccccc2)C1. The second-order valence-corrected chi connectivity index (χ2v) is 8.96. The van der Waals surface area contributed by atoms with E-state index < -0.39 is 5.91 Å². The van der Waals surface area contributed by atoms with E-state index in [0.717, 1.165) is 37.6 Å². The maximum Gasteiger partial charge on any atom is 0.255 e. The summed E-state index contributed by atoms with van der Waals surface area (Å²) in [5.41, 5.74) is 7.64. The molecule has 1 amide bonds. The highest BCUT2D eigenvalue weighted by Crippen LogP contribution is 2.31. The van der Waals surface area contributed by atoms with Crippen molar-refractivity contribution in [3.63, 3.8) is 0 Å². The lowest BCUT2D eigenvalue weighted by molar-refractivity contribution is -0.119. The number of benzene rings is 2. The second kappa shape index (κ2) is 11.2. The molecule has 2 aromatic rings. The fraction of sp³-hybridized carbons (Fsp3) is 0.462. The van der Waals surface area contributed by atoms with Gasteiger partial charge in [-0.05, 0) is 55.0 Å². The Kier molecular flexibility index (Phi) is 7.83. The Bertz CT molecular complexity index is 949. The van der Waals surface area contributed by atoms with Crippen molar-refractivity contribution in [2.24, 2.45) is 16.6 Å². The van der Waals surface area contributed by atoms with Crippen LogP contribution in [0.3, 0.4) is 0 Å². The van der Waals surface area contributed by atoms with Crippen molar-refractivity contribution in [1.82, 2.24) is 15.1 Å². The van der Waals surface area contributed by atoms with Crippen molar-refractivity contribution in [2.45, 2.75) is 38.4 Å². The van der Waals surface area contributed by atoms with Crippen molar-refractivity contribution in [2.75, 3.05) is 33.3 Å². The summed E-state index contributed by atoms with van der Waals surface area (Å²) >= 11 is 0. The molecule has 7 heteroatoms. The zero-order valence-electron chi connectivity index (χ0n) is 19.5. The normalized spacial score (nSPS) is 21.4. The van der Waals surface area contributed by atoms with E-state index in [0.29, 0.717) is 24.3 Å². The average molecular weight is 450 g/mol. The Morgan fingerprint density at radius 3 is 2.73 bits per heavy atom. The first kappa shape index (κ1) is 23.1. The third kappa shape index (κ3) is 6.26. The topological polar surface area (TPSA) is 83.2 Å². The van der Waals surface area contributed by atoms with Crippen LogP contribution in [0.15, 0.2) is 59.6 Å². The lowest BCUT2D eigenvalue weighted by Gasteiger charge is -2.48. The zero-order valence-corrected chi connectivity index (χ0v) is 19.5. The van der Waals surface area contributed by atoms with Crippen LogP contribution in [0.5, 0.6) is 5.75 Å². The van der Waals surface area contributed by atoms with Gasteiger partial charge in [0.1, 0.15) is 5.75 Å². The quantitative estimate of drug-likeness (QED) is 0.502. The number of carbonyl (C=O) groups excluding carboxylic acids is 1. The van der Waals surface area contributed by atoms with E-state index in [1.54, 1.807) is 0 Å². The fourth-order valence-electron chi connectivity index (χ4n) is 5.13. The Hall–Kier alpha value is -3.06. The first-order chi connectivity index (χ1) is 16.1. The Labute approximate surface area is 196 Å². The van der Waals surface area contributed by atoms with Crippen LogP contribution in [-0.2, 0) is 17.9 Å². The number of rotatable bonds is 7. The number of aliphatic imine (C=N–C) groups is 1. The number of hydrogen-bond acceptors (Lipinski definition) is 4. The third-order valence-electron chi connectivity index (χ3n) is 6.65. The number of guanidine groups is 1. The average Bonchev–Trinajstić information content (AvgIpc) is 2.84. The molecule has 2 aromatic carbocycles. The highest BCUT2D eigenvalue weighted by molar-refractivity contribution is 5.80. The van der Waals surface area contributed by atoms with Crippen LogP contribution >= 0.6 is 0 Å². The van der Waals surface area contributed by atoms with E-state index in [9.17, 15) is 4.79 Å². The molecule has 2 saturated heterocycles. The molecule has 7 nitrogen and oxygen atoms in total. The van der Waals surface area contributed by atoms with Crippen LogP contribution < -0.4 is 15.8 Å². The number of likely N-dealkylation sites (tertiary alicyclic amines) is 2. The van der Waals surface area contributed by atoms with Gasteiger partial charge < -0.3 is 20.7 Å². The van der Waals surface area contributed by atoms with Gasteiger partial charge in [-0.25, -0.2) is 0 Å².